The normalized spacial score (nSPS) is 34.1. The fourth-order valence-electron chi connectivity index (χ4n) is 0.605. The van der Waals surface area contributed by atoms with Crippen LogP contribution in [0.4, 0.5) is 0 Å². The first-order valence-electron chi connectivity index (χ1n) is 3.55. The Kier molecular flexibility index (Phi) is 4.04. The zero-order chi connectivity index (χ0) is 8.27. The minimum absolute atomic E-state index is 0.0145. The summed E-state index contributed by atoms with van der Waals surface area (Å²) in [7, 11) is -1.10. The molecule has 0 aromatic rings. The van der Waals surface area contributed by atoms with Gasteiger partial charge in [0, 0.05) is 0 Å². The van der Waals surface area contributed by atoms with Crippen LogP contribution in [0.25, 0.3) is 0 Å². The highest BCUT2D eigenvalue weighted by molar-refractivity contribution is 7.42. The summed E-state index contributed by atoms with van der Waals surface area (Å²) in [6.45, 7) is 4.94. The van der Waals surface area contributed by atoms with E-state index in [0.717, 1.165) is 0 Å². The van der Waals surface area contributed by atoms with E-state index >= 15 is 0 Å². The Bertz CT molecular complexity index is 122. The topological polar surface area (TPSA) is 27.7 Å². The number of halogens is 1. The zero-order valence-electron chi connectivity index (χ0n) is 6.62. The van der Waals surface area contributed by atoms with Crippen molar-refractivity contribution in [3.05, 3.63) is 0 Å². The first kappa shape index (κ1) is 9.69. The lowest BCUT2D eigenvalue weighted by Gasteiger charge is -2.08. The number of alkyl halides is 1. The molecule has 0 radical (unpaired) electrons. The summed E-state index contributed by atoms with van der Waals surface area (Å²) in [4.78, 5) is 0. The number of hydrogen-bond donors (Lipinski definition) is 0. The highest BCUT2D eigenvalue weighted by Crippen LogP contribution is 2.46. The lowest BCUT2D eigenvalue weighted by Crippen LogP contribution is -2.02. The summed E-state index contributed by atoms with van der Waals surface area (Å²) in [5, 5.41) is 0.0145. The summed E-state index contributed by atoms with van der Waals surface area (Å²) < 4.78 is 15.7. The lowest BCUT2D eigenvalue weighted by molar-refractivity contribution is 0.227. The fraction of sp³-hybridized carbons (Fsp3) is 1.00. The van der Waals surface area contributed by atoms with Crippen molar-refractivity contribution in [1.82, 2.24) is 0 Å². The molecule has 3 nitrogen and oxygen atoms in total. The third-order valence-electron chi connectivity index (χ3n) is 1.09. The van der Waals surface area contributed by atoms with Crippen LogP contribution in [0.1, 0.15) is 13.8 Å². The van der Waals surface area contributed by atoms with Crippen molar-refractivity contribution in [2.24, 2.45) is 0 Å². The van der Waals surface area contributed by atoms with Crippen LogP contribution in [0.2, 0.25) is 0 Å². The smallest absolute Gasteiger partial charge is 0.311 e. The van der Waals surface area contributed by atoms with Gasteiger partial charge >= 0.3 is 8.60 Å². The summed E-state index contributed by atoms with van der Waals surface area (Å²) in [5.74, 6) is 0. The van der Waals surface area contributed by atoms with Crippen molar-refractivity contribution in [3.63, 3.8) is 0 Å². The van der Waals surface area contributed by atoms with Gasteiger partial charge in [-0.2, -0.15) is 0 Å². The molecule has 0 aliphatic carbocycles. The predicted octanol–water partition coefficient (Wildman–Crippen LogP) is 2.29. The van der Waals surface area contributed by atoms with E-state index in [1.165, 1.54) is 0 Å². The molecule has 3 unspecified atom stereocenters. The maximum atomic E-state index is 5.67. The van der Waals surface area contributed by atoms with E-state index in [1.807, 2.05) is 13.8 Å². The summed E-state index contributed by atoms with van der Waals surface area (Å²) in [6, 6.07) is 0. The van der Waals surface area contributed by atoms with Crippen molar-refractivity contribution in [1.29, 1.82) is 0 Å². The zero-order valence-corrected chi connectivity index (χ0v) is 8.27. The van der Waals surface area contributed by atoms with E-state index in [0.29, 0.717) is 13.2 Å². The van der Waals surface area contributed by atoms with E-state index in [2.05, 4.69) is 0 Å². The van der Waals surface area contributed by atoms with Gasteiger partial charge in [-0.3, -0.25) is 0 Å². The van der Waals surface area contributed by atoms with Crippen LogP contribution in [0.15, 0.2) is 0 Å². The summed E-state index contributed by atoms with van der Waals surface area (Å²) in [6.07, 6.45) is 0.159. The van der Waals surface area contributed by atoms with Crippen molar-refractivity contribution < 1.29 is 13.6 Å². The molecule has 0 aromatic carbocycles. The third-order valence-corrected chi connectivity index (χ3v) is 2.47. The van der Waals surface area contributed by atoms with E-state index in [9.17, 15) is 0 Å². The van der Waals surface area contributed by atoms with Gasteiger partial charge in [-0.05, 0) is 13.8 Å². The largest absolute Gasteiger partial charge is 0.333 e. The molecule has 0 aromatic heterocycles. The van der Waals surface area contributed by atoms with Crippen LogP contribution < -0.4 is 0 Å². The van der Waals surface area contributed by atoms with Gasteiger partial charge in [0.15, 0.2) is 0 Å². The van der Waals surface area contributed by atoms with Gasteiger partial charge in [-0.25, -0.2) is 0 Å². The van der Waals surface area contributed by atoms with Crippen LogP contribution >= 0.6 is 20.2 Å². The molecule has 5 heteroatoms. The molecule has 66 valence electrons. The van der Waals surface area contributed by atoms with Crippen LogP contribution in [-0.2, 0) is 13.6 Å². The number of hydrogen-bond acceptors (Lipinski definition) is 3. The van der Waals surface area contributed by atoms with Crippen LogP contribution in [-0.4, -0.2) is 24.7 Å². The maximum absolute atomic E-state index is 5.67. The van der Waals surface area contributed by atoms with E-state index in [1.54, 1.807) is 0 Å². The molecular formula is C6H12ClO3P. The van der Waals surface area contributed by atoms with Gasteiger partial charge in [0.05, 0.1) is 24.7 Å². The molecule has 0 saturated carbocycles. The standard InChI is InChI=1S/C6H12ClO3P/c1-5(7)3-8-11-9-4-6(2)10-11/h5-6H,3-4H2,1-2H3. The molecule has 1 aliphatic heterocycles. The molecule has 1 heterocycles. The van der Waals surface area contributed by atoms with E-state index < -0.39 is 8.60 Å². The fourth-order valence-corrected chi connectivity index (χ4v) is 1.98. The van der Waals surface area contributed by atoms with Gasteiger partial charge < -0.3 is 13.6 Å². The average molecular weight is 199 g/mol. The Morgan fingerprint density at radius 2 is 2.55 bits per heavy atom. The average Bonchev–Trinajstić information content (AvgIpc) is 2.31. The second-order valence-electron chi connectivity index (χ2n) is 2.51. The predicted molar refractivity (Wildman–Crippen MR) is 44.7 cm³/mol. The molecular weight excluding hydrogens is 186 g/mol. The van der Waals surface area contributed by atoms with Crippen molar-refractivity contribution in [2.45, 2.75) is 25.3 Å². The summed E-state index contributed by atoms with van der Waals surface area (Å²) in [5.41, 5.74) is 0. The second-order valence-corrected chi connectivity index (χ2v) is 4.43. The molecule has 1 fully saturated rings. The Balaban J connectivity index is 2.08. The molecule has 1 rings (SSSR count). The quantitative estimate of drug-likeness (QED) is 0.515. The maximum Gasteiger partial charge on any atom is 0.333 e. The molecule has 0 N–H and O–H groups in total. The van der Waals surface area contributed by atoms with Gasteiger partial charge in [-0.1, -0.05) is 0 Å². The second kappa shape index (κ2) is 4.58. The molecule has 0 spiro atoms. The van der Waals surface area contributed by atoms with E-state index in [-0.39, 0.29) is 11.5 Å². The minimum Gasteiger partial charge on any atom is -0.311 e. The molecule has 11 heavy (non-hydrogen) atoms. The van der Waals surface area contributed by atoms with Crippen molar-refractivity contribution in [3.8, 4) is 0 Å². The van der Waals surface area contributed by atoms with Gasteiger partial charge in [0.2, 0.25) is 0 Å². The minimum atomic E-state index is -1.10. The molecule has 3 atom stereocenters. The van der Waals surface area contributed by atoms with Gasteiger partial charge in [0.25, 0.3) is 0 Å². The first-order valence-corrected chi connectivity index (χ1v) is 5.08. The van der Waals surface area contributed by atoms with Crippen LogP contribution in [0.5, 0.6) is 0 Å². The van der Waals surface area contributed by atoms with E-state index in [4.69, 9.17) is 25.2 Å². The molecule has 0 amide bonds. The Labute approximate surface area is 73.0 Å². The third kappa shape index (κ3) is 3.68. The van der Waals surface area contributed by atoms with Gasteiger partial charge in [-0.15, -0.1) is 11.6 Å². The Morgan fingerprint density at radius 3 is 3.00 bits per heavy atom. The highest BCUT2D eigenvalue weighted by atomic mass is 35.5. The monoisotopic (exact) mass is 198 g/mol. The Hall–Kier alpha value is 0.600. The van der Waals surface area contributed by atoms with Crippen LogP contribution in [0.3, 0.4) is 0 Å². The van der Waals surface area contributed by atoms with Crippen LogP contribution in [0, 0.1) is 0 Å². The molecule has 0 bridgehead atoms. The van der Waals surface area contributed by atoms with Crippen molar-refractivity contribution in [2.75, 3.05) is 13.2 Å². The summed E-state index contributed by atoms with van der Waals surface area (Å²) >= 11 is 5.67. The van der Waals surface area contributed by atoms with Crippen molar-refractivity contribution >= 4 is 20.2 Å². The molecule has 1 saturated heterocycles. The first-order chi connectivity index (χ1) is 5.18. The highest BCUT2D eigenvalue weighted by Gasteiger charge is 2.25. The Morgan fingerprint density at radius 1 is 1.82 bits per heavy atom. The molecule has 1 aliphatic rings. The lowest BCUT2D eigenvalue weighted by atomic mass is 10.5. The number of rotatable bonds is 3. The SMILES string of the molecule is CC(Cl)COP1OCC(C)O1. The van der Waals surface area contributed by atoms with Gasteiger partial charge in [0.1, 0.15) is 0 Å².